The number of phenolic OH excluding ortho intramolecular Hbond substituents is 1. The zero-order valence-electron chi connectivity index (χ0n) is 19.3. The van der Waals surface area contributed by atoms with Crippen LogP contribution in [0.2, 0.25) is 0 Å². The fraction of sp³-hybridized carbons (Fsp3) is 0.200. The lowest BCUT2D eigenvalue weighted by atomic mass is 9.74. The van der Waals surface area contributed by atoms with Crippen molar-refractivity contribution in [1.29, 1.82) is 0 Å². The van der Waals surface area contributed by atoms with Gasteiger partial charge in [-0.25, -0.2) is 0 Å². The Kier molecular flexibility index (Phi) is 4.12. The number of para-hydroxylation sites is 2. The number of rotatable bonds is 2. The third kappa shape index (κ3) is 2.57. The van der Waals surface area contributed by atoms with E-state index in [0.717, 1.165) is 58.0 Å². The maximum absolute atomic E-state index is 11.1. The molecule has 0 spiro atoms. The van der Waals surface area contributed by atoms with Crippen molar-refractivity contribution < 1.29 is 14.3 Å². The number of furan rings is 1. The van der Waals surface area contributed by atoms with Crippen molar-refractivity contribution in [2.24, 2.45) is 0 Å². The maximum Gasteiger partial charge on any atom is 0.165 e. The molecule has 0 saturated heterocycles. The van der Waals surface area contributed by atoms with E-state index >= 15 is 0 Å². The van der Waals surface area contributed by atoms with Gasteiger partial charge in [0.05, 0.1) is 7.11 Å². The summed E-state index contributed by atoms with van der Waals surface area (Å²) >= 11 is 0. The highest BCUT2D eigenvalue weighted by molar-refractivity contribution is 6.10. The molecule has 2 heterocycles. The van der Waals surface area contributed by atoms with Crippen molar-refractivity contribution in [3.8, 4) is 33.8 Å². The zero-order valence-corrected chi connectivity index (χ0v) is 19.3. The molecule has 7 rings (SSSR count). The second-order valence-electron chi connectivity index (χ2n) is 9.43. The first-order chi connectivity index (χ1) is 16.7. The molecule has 1 aliphatic heterocycles. The lowest BCUT2D eigenvalue weighted by Gasteiger charge is -2.40. The van der Waals surface area contributed by atoms with Gasteiger partial charge in [-0.3, -0.25) is 4.90 Å². The molecule has 4 heteroatoms. The predicted octanol–water partition coefficient (Wildman–Crippen LogP) is 6.72. The number of fused-ring (bicyclic) bond motifs is 5. The Morgan fingerprint density at radius 3 is 2.62 bits per heavy atom. The highest BCUT2D eigenvalue weighted by atomic mass is 16.5. The first kappa shape index (κ1) is 19.7. The topological polar surface area (TPSA) is 45.8 Å². The number of nitrogens with zero attached hydrogens (tertiary/aromatic N) is 1. The van der Waals surface area contributed by atoms with Gasteiger partial charge in [0.25, 0.3) is 0 Å². The monoisotopic (exact) mass is 447 g/mol. The van der Waals surface area contributed by atoms with Crippen molar-refractivity contribution >= 4 is 21.9 Å². The molecule has 0 unspecified atom stereocenters. The van der Waals surface area contributed by atoms with Crippen LogP contribution in [-0.4, -0.2) is 30.7 Å². The maximum atomic E-state index is 11.1. The average molecular weight is 448 g/mol. The predicted molar refractivity (Wildman–Crippen MR) is 136 cm³/mol. The second kappa shape index (κ2) is 7.12. The molecule has 1 aromatic heterocycles. The van der Waals surface area contributed by atoms with Crippen molar-refractivity contribution in [3.05, 3.63) is 83.4 Å². The second-order valence-corrected chi connectivity index (χ2v) is 9.43. The number of benzene rings is 4. The molecule has 2 aliphatic rings. The van der Waals surface area contributed by atoms with Gasteiger partial charge in [0.15, 0.2) is 11.5 Å². The minimum atomic E-state index is 0.237. The van der Waals surface area contributed by atoms with E-state index in [2.05, 4.69) is 60.5 Å². The van der Waals surface area contributed by atoms with Crippen LogP contribution >= 0.6 is 0 Å². The summed E-state index contributed by atoms with van der Waals surface area (Å²) in [6.45, 7) is 1.00. The van der Waals surface area contributed by atoms with Crippen molar-refractivity contribution in [2.75, 3.05) is 20.7 Å². The fourth-order valence-electron chi connectivity index (χ4n) is 6.12. The summed E-state index contributed by atoms with van der Waals surface area (Å²) in [5, 5.41) is 13.4. The molecule has 1 N–H and O–H groups in total. The third-order valence-electron chi connectivity index (χ3n) is 7.76. The lowest BCUT2D eigenvalue weighted by molar-refractivity contribution is 0.228. The number of methoxy groups -OCH3 is 1. The Bertz CT molecular complexity index is 1610. The van der Waals surface area contributed by atoms with E-state index in [4.69, 9.17) is 9.15 Å². The summed E-state index contributed by atoms with van der Waals surface area (Å²) in [4.78, 5) is 2.45. The summed E-state index contributed by atoms with van der Waals surface area (Å²) in [5.41, 5.74) is 10.1. The van der Waals surface area contributed by atoms with Crippen LogP contribution in [0.5, 0.6) is 11.5 Å². The van der Waals surface area contributed by atoms with E-state index in [9.17, 15) is 5.11 Å². The Balaban J connectivity index is 1.52. The molecular weight excluding hydrogens is 422 g/mol. The van der Waals surface area contributed by atoms with Gasteiger partial charge in [0.1, 0.15) is 11.2 Å². The van der Waals surface area contributed by atoms with Gasteiger partial charge < -0.3 is 14.3 Å². The summed E-state index contributed by atoms with van der Waals surface area (Å²) in [6, 6.07) is 23.3. The molecule has 0 fully saturated rings. The Morgan fingerprint density at radius 2 is 1.74 bits per heavy atom. The van der Waals surface area contributed by atoms with E-state index < -0.39 is 0 Å². The molecule has 1 atom stereocenters. The van der Waals surface area contributed by atoms with E-state index in [1.807, 2.05) is 18.2 Å². The van der Waals surface area contributed by atoms with Gasteiger partial charge in [-0.05, 0) is 59.8 Å². The number of likely N-dealkylation sites (N-methyl/N-ethyl adjacent to an activating group) is 1. The number of ether oxygens (including phenoxy) is 1. The minimum absolute atomic E-state index is 0.237. The molecule has 4 nitrogen and oxygen atoms in total. The molecule has 4 aromatic carbocycles. The number of aromatic hydroxyl groups is 1. The molecule has 0 bridgehead atoms. The number of hydrogen-bond donors (Lipinski definition) is 1. The van der Waals surface area contributed by atoms with E-state index in [1.54, 1.807) is 7.11 Å². The summed E-state index contributed by atoms with van der Waals surface area (Å²) in [6.07, 6.45) is 1.84. The first-order valence-electron chi connectivity index (χ1n) is 11.8. The summed E-state index contributed by atoms with van der Waals surface area (Å²) in [5.74, 6) is 0.757. The van der Waals surface area contributed by atoms with Crippen molar-refractivity contribution in [1.82, 2.24) is 4.90 Å². The average Bonchev–Trinajstić information content (AvgIpc) is 3.25. The van der Waals surface area contributed by atoms with Gasteiger partial charge in [0.2, 0.25) is 0 Å². The van der Waals surface area contributed by atoms with Crippen LogP contribution in [0, 0.1) is 0 Å². The van der Waals surface area contributed by atoms with Crippen LogP contribution in [0.1, 0.15) is 22.7 Å². The molecule has 0 amide bonds. The largest absolute Gasteiger partial charge is 0.504 e. The van der Waals surface area contributed by atoms with Gasteiger partial charge in [-0.1, -0.05) is 54.6 Å². The molecular formula is C30H25NO3. The SMILES string of the molecule is COc1ccc2c(c1O)-c1ccc(-c3cccc4c3oc3ccccc34)c3c1[C@@H](C2)N(C)CC3. The summed E-state index contributed by atoms with van der Waals surface area (Å²) < 4.78 is 11.8. The van der Waals surface area contributed by atoms with E-state index in [1.165, 1.54) is 22.3 Å². The highest BCUT2D eigenvalue weighted by Gasteiger charge is 2.36. The minimum Gasteiger partial charge on any atom is -0.504 e. The van der Waals surface area contributed by atoms with Gasteiger partial charge in [-0.2, -0.15) is 0 Å². The van der Waals surface area contributed by atoms with Crippen LogP contribution in [0.4, 0.5) is 0 Å². The molecule has 34 heavy (non-hydrogen) atoms. The quantitative estimate of drug-likeness (QED) is 0.326. The van der Waals surface area contributed by atoms with Gasteiger partial charge >= 0.3 is 0 Å². The Labute approximate surface area is 198 Å². The zero-order chi connectivity index (χ0) is 23.0. The van der Waals surface area contributed by atoms with Crippen LogP contribution in [0.3, 0.4) is 0 Å². The van der Waals surface area contributed by atoms with Crippen LogP contribution in [-0.2, 0) is 12.8 Å². The van der Waals surface area contributed by atoms with Gasteiger partial charge in [0, 0.05) is 34.5 Å². The van der Waals surface area contributed by atoms with E-state index in [-0.39, 0.29) is 11.8 Å². The van der Waals surface area contributed by atoms with Gasteiger partial charge in [-0.15, -0.1) is 0 Å². The Hall–Kier alpha value is -3.76. The first-order valence-corrected chi connectivity index (χ1v) is 11.8. The Morgan fingerprint density at radius 1 is 0.912 bits per heavy atom. The molecule has 0 saturated carbocycles. The summed E-state index contributed by atoms with van der Waals surface area (Å²) in [7, 11) is 3.81. The smallest absolute Gasteiger partial charge is 0.165 e. The number of phenols is 1. The molecule has 1 aliphatic carbocycles. The fourth-order valence-corrected chi connectivity index (χ4v) is 6.12. The standard InChI is InChI=1S/C30H25NO3/c1-31-15-14-20-18(21-7-5-8-22-19-6-3-4-9-25(19)34-30(21)22)11-12-23-27-17(16-24(31)28(20)23)10-13-26(33-2)29(27)32/h3-13,24,32H,14-16H2,1-2H3/t24-/m1/s1. The van der Waals surface area contributed by atoms with Crippen molar-refractivity contribution in [3.63, 3.8) is 0 Å². The third-order valence-corrected chi connectivity index (χ3v) is 7.76. The normalized spacial score (nSPS) is 17.1. The lowest BCUT2D eigenvalue weighted by Crippen LogP contribution is -2.35. The van der Waals surface area contributed by atoms with Crippen LogP contribution < -0.4 is 4.74 Å². The van der Waals surface area contributed by atoms with Crippen LogP contribution in [0.15, 0.2) is 71.1 Å². The molecule has 0 radical (unpaired) electrons. The van der Waals surface area contributed by atoms with E-state index in [0.29, 0.717) is 5.75 Å². The molecule has 168 valence electrons. The highest BCUT2D eigenvalue weighted by Crippen LogP contribution is 2.52. The van der Waals surface area contributed by atoms with Crippen molar-refractivity contribution in [2.45, 2.75) is 18.9 Å². The van der Waals surface area contributed by atoms with Crippen LogP contribution in [0.25, 0.3) is 44.2 Å². The molecule has 5 aromatic rings. The number of hydrogen-bond acceptors (Lipinski definition) is 4.